The summed E-state index contributed by atoms with van der Waals surface area (Å²) in [5.74, 6) is 0.808. The Hall–Kier alpha value is -4.96. The van der Waals surface area contributed by atoms with Crippen LogP contribution in [-0.2, 0) is 4.79 Å². The normalized spacial score (nSPS) is 14.4. The Kier molecular flexibility index (Phi) is 6.40. The molecule has 0 aromatic heterocycles. The molecule has 0 aliphatic carbocycles. The first kappa shape index (κ1) is 23.8. The molecule has 1 atom stereocenters. The van der Waals surface area contributed by atoms with E-state index in [4.69, 9.17) is 19.9 Å². The maximum absolute atomic E-state index is 12.4. The number of methoxy groups -OCH3 is 1. The molecule has 3 N–H and O–H groups in total. The van der Waals surface area contributed by atoms with Gasteiger partial charge in [-0.25, -0.2) is 0 Å². The molecule has 184 valence electrons. The van der Waals surface area contributed by atoms with Crippen LogP contribution >= 0.6 is 0 Å². The van der Waals surface area contributed by atoms with Crippen LogP contribution in [-0.4, -0.2) is 19.6 Å². The van der Waals surface area contributed by atoms with E-state index < -0.39 is 5.92 Å². The number of amides is 1. The maximum atomic E-state index is 12.4. The summed E-state index contributed by atoms with van der Waals surface area (Å²) in [4.78, 5) is 12.4. The third-order valence-corrected chi connectivity index (χ3v) is 6.29. The molecular weight excluding hydrogens is 466 g/mol. The number of nitrogens with zero attached hydrogens (tertiary/aromatic N) is 1. The van der Waals surface area contributed by atoms with Crippen LogP contribution in [0.25, 0.3) is 10.8 Å². The number of fused-ring (bicyclic) bond motifs is 3. The molecule has 5 rings (SSSR count). The molecular formula is C30H25N3O4. The van der Waals surface area contributed by atoms with Crippen LogP contribution in [0.5, 0.6) is 17.2 Å². The topological polar surface area (TPSA) is 107 Å². The van der Waals surface area contributed by atoms with E-state index in [0.717, 1.165) is 27.5 Å². The van der Waals surface area contributed by atoms with Gasteiger partial charge in [-0.2, -0.15) is 5.26 Å². The average Bonchev–Trinajstić information content (AvgIpc) is 2.91. The number of nitriles is 1. The number of benzene rings is 4. The van der Waals surface area contributed by atoms with Crippen molar-refractivity contribution in [2.75, 3.05) is 19.0 Å². The van der Waals surface area contributed by atoms with Gasteiger partial charge in [0.1, 0.15) is 17.4 Å². The van der Waals surface area contributed by atoms with Gasteiger partial charge in [0.25, 0.3) is 5.91 Å². The van der Waals surface area contributed by atoms with Crippen LogP contribution < -0.4 is 25.3 Å². The molecule has 0 radical (unpaired) electrons. The molecule has 1 aliphatic heterocycles. The number of nitrogens with two attached hydrogens (primary N) is 1. The Labute approximate surface area is 214 Å². The van der Waals surface area contributed by atoms with Crippen LogP contribution in [0.4, 0.5) is 5.69 Å². The highest BCUT2D eigenvalue weighted by Crippen LogP contribution is 2.46. The highest BCUT2D eigenvalue weighted by Gasteiger charge is 2.32. The third-order valence-electron chi connectivity index (χ3n) is 6.29. The molecule has 7 nitrogen and oxygen atoms in total. The summed E-state index contributed by atoms with van der Waals surface area (Å²) in [6.45, 7) is 1.77. The number of hydrogen-bond acceptors (Lipinski definition) is 6. The van der Waals surface area contributed by atoms with E-state index in [2.05, 4.69) is 11.4 Å². The van der Waals surface area contributed by atoms with Gasteiger partial charge < -0.3 is 25.3 Å². The van der Waals surface area contributed by atoms with E-state index in [0.29, 0.717) is 28.5 Å². The Bertz CT molecular complexity index is 1590. The number of rotatable bonds is 6. The molecule has 0 bridgehead atoms. The largest absolute Gasteiger partial charge is 0.493 e. The first-order valence-corrected chi connectivity index (χ1v) is 11.7. The van der Waals surface area contributed by atoms with E-state index in [-0.39, 0.29) is 18.4 Å². The molecule has 1 aliphatic rings. The molecule has 1 amide bonds. The van der Waals surface area contributed by atoms with Crippen molar-refractivity contribution in [3.05, 3.63) is 107 Å². The quantitative estimate of drug-likeness (QED) is 0.374. The van der Waals surface area contributed by atoms with E-state index in [1.165, 1.54) is 7.11 Å². The first-order chi connectivity index (χ1) is 18.0. The lowest BCUT2D eigenvalue weighted by molar-refractivity contribution is -0.118. The fourth-order valence-corrected chi connectivity index (χ4v) is 4.58. The number of nitrogens with one attached hydrogen (secondary N) is 1. The summed E-state index contributed by atoms with van der Waals surface area (Å²) in [6, 6.07) is 26.9. The Morgan fingerprint density at radius 3 is 2.68 bits per heavy atom. The van der Waals surface area contributed by atoms with Crippen LogP contribution in [0.2, 0.25) is 0 Å². The number of allylic oxidation sites excluding steroid dienone is 1. The third kappa shape index (κ3) is 4.65. The Balaban J connectivity index is 1.44. The summed E-state index contributed by atoms with van der Waals surface area (Å²) < 4.78 is 17.3. The second-order valence-electron chi connectivity index (χ2n) is 8.75. The molecule has 0 unspecified atom stereocenters. The van der Waals surface area contributed by atoms with Gasteiger partial charge in [-0.05, 0) is 47.7 Å². The zero-order valence-corrected chi connectivity index (χ0v) is 20.4. The fraction of sp³-hybridized carbons (Fsp3) is 0.133. The lowest BCUT2D eigenvalue weighted by Crippen LogP contribution is -2.21. The van der Waals surface area contributed by atoms with Crippen molar-refractivity contribution in [2.45, 2.75) is 12.8 Å². The van der Waals surface area contributed by atoms with Crippen molar-refractivity contribution in [1.29, 1.82) is 5.26 Å². The number of carbonyl (C=O) groups is 1. The predicted octanol–water partition coefficient (Wildman–Crippen LogP) is 5.39. The number of hydrogen-bond donors (Lipinski definition) is 2. The standard InChI is InChI=1S/C30H25N3O4/c1-18-6-5-8-21(14-18)33-27(34)17-36-25-13-11-20(15-26(25)35-2)28-23-12-10-19-7-3-4-9-22(19)29(23)37-30(32)24(28)16-31/h3-15,28H,17,32H2,1-2H3,(H,33,34)/t28-/m1/s1. The summed E-state index contributed by atoms with van der Waals surface area (Å²) in [7, 11) is 1.53. The van der Waals surface area contributed by atoms with Crippen molar-refractivity contribution < 1.29 is 19.0 Å². The number of anilines is 1. The number of aryl methyl sites for hydroxylation is 1. The van der Waals surface area contributed by atoms with Crippen molar-refractivity contribution in [1.82, 2.24) is 0 Å². The highest BCUT2D eigenvalue weighted by atomic mass is 16.5. The maximum Gasteiger partial charge on any atom is 0.262 e. The lowest BCUT2D eigenvalue weighted by Gasteiger charge is -2.28. The second kappa shape index (κ2) is 9.96. The van der Waals surface area contributed by atoms with E-state index in [1.54, 1.807) is 12.1 Å². The van der Waals surface area contributed by atoms with Crippen molar-refractivity contribution in [3.63, 3.8) is 0 Å². The highest BCUT2D eigenvalue weighted by molar-refractivity contribution is 5.92. The molecule has 4 aromatic rings. The molecule has 7 heteroatoms. The lowest BCUT2D eigenvalue weighted by atomic mass is 9.82. The van der Waals surface area contributed by atoms with Gasteiger partial charge >= 0.3 is 0 Å². The van der Waals surface area contributed by atoms with Crippen molar-refractivity contribution >= 4 is 22.4 Å². The zero-order valence-electron chi connectivity index (χ0n) is 20.4. The van der Waals surface area contributed by atoms with Gasteiger partial charge in [0.15, 0.2) is 18.1 Å². The summed E-state index contributed by atoms with van der Waals surface area (Å²) in [5, 5.41) is 14.7. The molecule has 0 saturated carbocycles. The molecule has 0 spiro atoms. The molecule has 0 saturated heterocycles. The minimum absolute atomic E-state index is 0.0727. The number of carbonyl (C=O) groups excluding carboxylic acids is 1. The van der Waals surface area contributed by atoms with Gasteiger partial charge in [0.2, 0.25) is 5.88 Å². The van der Waals surface area contributed by atoms with Gasteiger partial charge in [0, 0.05) is 16.6 Å². The van der Waals surface area contributed by atoms with Crippen LogP contribution in [0, 0.1) is 18.3 Å². The predicted molar refractivity (Wildman–Crippen MR) is 142 cm³/mol. The van der Waals surface area contributed by atoms with Crippen molar-refractivity contribution in [3.8, 4) is 23.3 Å². The van der Waals surface area contributed by atoms with E-state index >= 15 is 0 Å². The molecule has 0 fully saturated rings. The van der Waals surface area contributed by atoms with Gasteiger partial charge in [-0.15, -0.1) is 0 Å². The minimum atomic E-state index is -0.453. The van der Waals surface area contributed by atoms with E-state index in [9.17, 15) is 10.1 Å². The zero-order chi connectivity index (χ0) is 25.9. The fourth-order valence-electron chi connectivity index (χ4n) is 4.58. The van der Waals surface area contributed by atoms with Gasteiger partial charge in [-0.1, -0.05) is 54.6 Å². The van der Waals surface area contributed by atoms with E-state index in [1.807, 2.05) is 73.7 Å². The summed E-state index contributed by atoms with van der Waals surface area (Å²) in [5.41, 5.74) is 9.89. The smallest absolute Gasteiger partial charge is 0.262 e. The van der Waals surface area contributed by atoms with Crippen LogP contribution in [0.1, 0.15) is 22.6 Å². The SMILES string of the molecule is COc1cc([C@H]2C(C#N)=C(N)Oc3c2ccc2ccccc32)ccc1OCC(=O)Nc1cccc(C)c1. The average molecular weight is 492 g/mol. The Morgan fingerprint density at radius 1 is 1.05 bits per heavy atom. The van der Waals surface area contributed by atoms with Crippen LogP contribution in [0.3, 0.4) is 0 Å². The monoisotopic (exact) mass is 491 g/mol. The number of ether oxygens (including phenoxy) is 3. The van der Waals surface area contributed by atoms with Gasteiger partial charge in [0.05, 0.1) is 13.0 Å². The summed E-state index contributed by atoms with van der Waals surface area (Å²) >= 11 is 0. The molecule has 37 heavy (non-hydrogen) atoms. The Morgan fingerprint density at radius 2 is 1.89 bits per heavy atom. The molecule has 1 heterocycles. The van der Waals surface area contributed by atoms with Gasteiger partial charge in [-0.3, -0.25) is 4.79 Å². The van der Waals surface area contributed by atoms with Crippen molar-refractivity contribution in [2.24, 2.45) is 5.73 Å². The molecule has 4 aromatic carbocycles. The minimum Gasteiger partial charge on any atom is -0.493 e. The summed E-state index contributed by atoms with van der Waals surface area (Å²) in [6.07, 6.45) is 0. The second-order valence-corrected chi connectivity index (χ2v) is 8.75. The first-order valence-electron chi connectivity index (χ1n) is 11.7. The van der Waals surface area contributed by atoms with Crippen LogP contribution in [0.15, 0.2) is 90.3 Å².